The monoisotopic (exact) mass is 282 g/mol. The Balaban J connectivity index is 0.00000180. The van der Waals surface area contributed by atoms with Gasteiger partial charge in [-0.2, -0.15) is 0 Å². The summed E-state index contributed by atoms with van der Waals surface area (Å²) in [6, 6.07) is 10.6. The predicted molar refractivity (Wildman–Crippen MR) is 80.5 cm³/mol. The fourth-order valence-electron chi connectivity index (χ4n) is 2.73. The number of rotatable bonds is 4. The topological polar surface area (TPSA) is 32.3 Å². The van der Waals surface area contributed by atoms with Gasteiger partial charge in [-0.3, -0.25) is 4.79 Å². The Bertz CT molecular complexity index is 396. The van der Waals surface area contributed by atoms with Crippen LogP contribution < -0.4 is 5.32 Å². The molecule has 4 heteroatoms. The summed E-state index contributed by atoms with van der Waals surface area (Å²) < 4.78 is 0. The van der Waals surface area contributed by atoms with E-state index in [1.807, 2.05) is 32.2 Å². The molecule has 1 aromatic rings. The van der Waals surface area contributed by atoms with Crippen molar-refractivity contribution in [2.24, 2.45) is 5.92 Å². The molecule has 1 aliphatic rings. The molecule has 1 N–H and O–H groups in total. The Kier molecular flexibility index (Phi) is 6.32. The van der Waals surface area contributed by atoms with Crippen LogP contribution in [0.2, 0.25) is 0 Å². The van der Waals surface area contributed by atoms with Crippen molar-refractivity contribution in [1.82, 2.24) is 10.2 Å². The van der Waals surface area contributed by atoms with E-state index in [1.54, 1.807) is 0 Å². The molecular weight excluding hydrogens is 260 g/mol. The lowest BCUT2D eigenvalue weighted by Crippen LogP contribution is -2.38. The maximum absolute atomic E-state index is 12.4. The highest BCUT2D eigenvalue weighted by molar-refractivity contribution is 5.85. The zero-order valence-electron chi connectivity index (χ0n) is 11.6. The van der Waals surface area contributed by atoms with E-state index in [2.05, 4.69) is 22.3 Å². The number of amides is 1. The largest absolute Gasteiger partial charge is 0.335 e. The Morgan fingerprint density at radius 2 is 2.11 bits per heavy atom. The minimum absolute atomic E-state index is 0. The lowest BCUT2D eigenvalue weighted by atomic mass is 10.0. The average Bonchev–Trinajstić information content (AvgIpc) is 2.88. The third-order valence-electron chi connectivity index (χ3n) is 3.65. The van der Waals surface area contributed by atoms with Gasteiger partial charge in [0, 0.05) is 19.0 Å². The van der Waals surface area contributed by atoms with Crippen molar-refractivity contribution in [1.29, 1.82) is 0 Å². The van der Waals surface area contributed by atoms with Gasteiger partial charge >= 0.3 is 0 Å². The molecule has 1 fully saturated rings. The molecule has 106 valence electrons. The number of benzene rings is 1. The van der Waals surface area contributed by atoms with Gasteiger partial charge in [-0.05, 0) is 25.5 Å². The highest BCUT2D eigenvalue weighted by Gasteiger charge is 2.31. The minimum atomic E-state index is 0. The third-order valence-corrected chi connectivity index (χ3v) is 3.65. The molecule has 1 heterocycles. The number of nitrogens with one attached hydrogen (secondary N) is 1. The number of hydrogen-bond acceptors (Lipinski definition) is 2. The van der Waals surface area contributed by atoms with Crippen molar-refractivity contribution in [3.63, 3.8) is 0 Å². The molecule has 19 heavy (non-hydrogen) atoms. The Morgan fingerprint density at radius 1 is 1.42 bits per heavy atom. The highest BCUT2D eigenvalue weighted by Crippen LogP contribution is 2.32. The number of likely N-dealkylation sites (tertiary alicyclic amines) is 1. The van der Waals surface area contributed by atoms with Crippen LogP contribution in [0.25, 0.3) is 0 Å². The molecule has 0 radical (unpaired) electrons. The van der Waals surface area contributed by atoms with Gasteiger partial charge in [-0.15, -0.1) is 12.4 Å². The summed E-state index contributed by atoms with van der Waals surface area (Å²) in [6.07, 6.45) is 2.19. The van der Waals surface area contributed by atoms with Gasteiger partial charge in [0.1, 0.15) is 0 Å². The van der Waals surface area contributed by atoms with Gasteiger partial charge in [0.2, 0.25) is 5.91 Å². The molecule has 2 rings (SSSR count). The maximum Gasteiger partial charge on any atom is 0.227 e. The molecule has 1 saturated heterocycles. The standard InChI is InChI=1S/C15H22N2O.ClH/c1-12(11-16-2)15(18)17-10-6-9-14(17)13-7-4-3-5-8-13;/h3-5,7-8,12,14,16H,6,9-11H2,1-2H3;1H. The SMILES string of the molecule is CNCC(C)C(=O)N1CCCC1c1ccccc1.Cl. The lowest BCUT2D eigenvalue weighted by molar-refractivity contribution is -0.135. The van der Waals surface area contributed by atoms with Gasteiger partial charge in [0.15, 0.2) is 0 Å². The van der Waals surface area contributed by atoms with Gasteiger partial charge in [0.25, 0.3) is 0 Å². The molecule has 1 aromatic carbocycles. The Hall–Kier alpha value is -1.06. The molecule has 2 atom stereocenters. The summed E-state index contributed by atoms with van der Waals surface area (Å²) in [6.45, 7) is 3.64. The van der Waals surface area contributed by atoms with Crippen molar-refractivity contribution in [3.8, 4) is 0 Å². The second-order valence-electron chi connectivity index (χ2n) is 5.06. The lowest BCUT2D eigenvalue weighted by Gasteiger charge is -2.27. The maximum atomic E-state index is 12.4. The van der Waals surface area contributed by atoms with Crippen LogP contribution in [-0.4, -0.2) is 30.9 Å². The number of carbonyl (C=O) groups is 1. The van der Waals surface area contributed by atoms with E-state index in [1.165, 1.54) is 5.56 Å². The molecule has 0 aromatic heterocycles. The van der Waals surface area contributed by atoms with Crippen LogP contribution in [0.5, 0.6) is 0 Å². The van der Waals surface area contributed by atoms with Crippen LogP contribution in [0.4, 0.5) is 0 Å². The van der Waals surface area contributed by atoms with E-state index >= 15 is 0 Å². The van der Waals surface area contributed by atoms with Crippen molar-refractivity contribution in [3.05, 3.63) is 35.9 Å². The fraction of sp³-hybridized carbons (Fsp3) is 0.533. The van der Waals surface area contributed by atoms with E-state index in [9.17, 15) is 4.79 Å². The number of hydrogen-bond donors (Lipinski definition) is 1. The highest BCUT2D eigenvalue weighted by atomic mass is 35.5. The van der Waals surface area contributed by atoms with Crippen LogP contribution >= 0.6 is 12.4 Å². The van der Waals surface area contributed by atoms with Crippen molar-refractivity contribution < 1.29 is 4.79 Å². The molecule has 2 unspecified atom stereocenters. The van der Waals surface area contributed by atoms with Crippen LogP contribution in [0, 0.1) is 5.92 Å². The van der Waals surface area contributed by atoms with Crippen LogP contribution in [-0.2, 0) is 4.79 Å². The van der Waals surface area contributed by atoms with E-state index < -0.39 is 0 Å². The quantitative estimate of drug-likeness (QED) is 0.921. The minimum Gasteiger partial charge on any atom is -0.335 e. The number of nitrogens with zero attached hydrogens (tertiary/aromatic N) is 1. The summed E-state index contributed by atoms with van der Waals surface area (Å²) in [4.78, 5) is 14.5. The van der Waals surface area contributed by atoms with Crippen LogP contribution in [0.15, 0.2) is 30.3 Å². The first-order valence-corrected chi connectivity index (χ1v) is 6.74. The van der Waals surface area contributed by atoms with E-state index in [0.29, 0.717) is 0 Å². The second-order valence-corrected chi connectivity index (χ2v) is 5.06. The predicted octanol–water partition coefficient (Wildman–Crippen LogP) is 2.63. The first-order chi connectivity index (χ1) is 8.74. The van der Waals surface area contributed by atoms with Gasteiger partial charge in [-0.25, -0.2) is 0 Å². The molecule has 1 aliphatic heterocycles. The molecular formula is C15H23ClN2O. The summed E-state index contributed by atoms with van der Waals surface area (Å²) in [5.74, 6) is 0.329. The summed E-state index contributed by atoms with van der Waals surface area (Å²) in [7, 11) is 1.89. The molecule has 0 saturated carbocycles. The molecule has 1 amide bonds. The number of halogens is 1. The second kappa shape index (κ2) is 7.51. The van der Waals surface area contributed by atoms with Gasteiger partial charge in [-0.1, -0.05) is 37.3 Å². The zero-order valence-corrected chi connectivity index (χ0v) is 12.5. The average molecular weight is 283 g/mol. The van der Waals surface area contributed by atoms with Gasteiger partial charge in [0.05, 0.1) is 6.04 Å². The molecule has 0 spiro atoms. The first kappa shape index (κ1) is 16.0. The van der Waals surface area contributed by atoms with Crippen molar-refractivity contribution >= 4 is 18.3 Å². The van der Waals surface area contributed by atoms with Crippen LogP contribution in [0.1, 0.15) is 31.4 Å². The molecule has 0 aliphatic carbocycles. The summed E-state index contributed by atoms with van der Waals surface area (Å²) in [5, 5.41) is 3.08. The summed E-state index contributed by atoms with van der Waals surface area (Å²) in [5.41, 5.74) is 1.26. The van der Waals surface area contributed by atoms with E-state index in [-0.39, 0.29) is 30.3 Å². The van der Waals surface area contributed by atoms with Crippen molar-refractivity contribution in [2.75, 3.05) is 20.1 Å². The van der Waals surface area contributed by atoms with E-state index in [4.69, 9.17) is 0 Å². The normalized spacial score (nSPS) is 19.9. The Morgan fingerprint density at radius 3 is 2.74 bits per heavy atom. The molecule has 0 bridgehead atoms. The van der Waals surface area contributed by atoms with Crippen molar-refractivity contribution in [2.45, 2.75) is 25.8 Å². The smallest absolute Gasteiger partial charge is 0.227 e. The first-order valence-electron chi connectivity index (χ1n) is 6.74. The van der Waals surface area contributed by atoms with E-state index in [0.717, 1.165) is 25.9 Å². The fourth-order valence-corrected chi connectivity index (χ4v) is 2.73. The zero-order chi connectivity index (χ0) is 13.0. The Labute approximate surface area is 121 Å². The summed E-state index contributed by atoms with van der Waals surface area (Å²) >= 11 is 0. The van der Waals surface area contributed by atoms with Gasteiger partial charge < -0.3 is 10.2 Å². The number of carbonyl (C=O) groups excluding carboxylic acids is 1. The molecule has 3 nitrogen and oxygen atoms in total. The van der Waals surface area contributed by atoms with Crippen LogP contribution in [0.3, 0.4) is 0 Å². The third kappa shape index (κ3) is 3.71.